The lowest BCUT2D eigenvalue weighted by Gasteiger charge is -2.33. The molecule has 0 atom stereocenters. The number of carbonyl (C=O) groups is 3. The van der Waals surface area contributed by atoms with Gasteiger partial charge in [-0.1, -0.05) is 6.58 Å². The molecule has 0 aromatic rings. The quantitative estimate of drug-likeness (QED) is 0.628. The van der Waals surface area contributed by atoms with E-state index in [1.165, 1.54) is 0 Å². The Bertz CT molecular complexity index is 616. The monoisotopic (exact) mass is 369 g/mol. The van der Waals surface area contributed by atoms with Gasteiger partial charge < -0.3 is 15.3 Å². The van der Waals surface area contributed by atoms with Gasteiger partial charge in [0.1, 0.15) is 6.54 Å². The number of carbonyl (C=O) groups excluding carboxylic acids is 2. The van der Waals surface area contributed by atoms with Gasteiger partial charge in [0.25, 0.3) is 0 Å². The van der Waals surface area contributed by atoms with E-state index in [0.717, 1.165) is 42.2 Å². The number of carboxylic acid groups (broad SMARTS) is 1. The third-order valence-corrected chi connectivity index (χ3v) is 4.28. The molecular weight excluding hydrogens is 345 g/mol. The molecule has 0 unspecified atom stereocenters. The fourth-order valence-corrected chi connectivity index (χ4v) is 2.71. The fraction of sp³-hybridized carbons (Fsp3) is 0.562. The van der Waals surface area contributed by atoms with Crippen LogP contribution in [-0.2, 0) is 9.59 Å². The summed E-state index contributed by atoms with van der Waals surface area (Å²) in [6, 6.07) is -0.688. The number of aliphatic carboxylic acids is 1. The number of allylic oxidation sites excluding steroid dienone is 1. The normalized spacial score (nSPS) is 19.5. The molecule has 9 nitrogen and oxygen atoms in total. The summed E-state index contributed by atoms with van der Waals surface area (Å²) in [5, 5.41) is 11.5. The molecule has 1 fully saturated rings. The van der Waals surface area contributed by atoms with Crippen molar-refractivity contribution >= 4 is 17.9 Å². The van der Waals surface area contributed by atoms with Gasteiger partial charge in [-0.3, -0.25) is 24.3 Å². The first-order valence-corrected chi connectivity index (χ1v) is 8.32. The van der Waals surface area contributed by atoms with E-state index in [0.29, 0.717) is 0 Å². The Kier molecular flexibility index (Phi) is 6.70. The molecular formula is C16H24FN5O4. The Labute approximate surface area is 151 Å². The molecule has 0 aromatic carbocycles. The molecule has 1 saturated heterocycles. The number of carboxylic acids is 1. The van der Waals surface area contributed by atoms with Crippen LogP contribution in [0.5, 0.6) is 0 Å². The zero-order valence-corrected chi connectivity index (χ0v) is 14.8. The molecule has 2 heterocycles. The van der Waals surface area contributed by atoms with Gasteiger partial charge >= 0.3 is 12.0 Å². The first-order valence-electron chi connectivity index (χ1n) is 8.32. The second kappa shape index (κ2) is 8.77. The number of piperazine rings is 1. The van der Waals surface area contributed by atoms with Crippen LogP contribution in [0.2, 0.25) is 0 Å². The van der Waals surface area contributed by atoms with Gasteiger partial charge in [-0.05, 0) is 7.05 Å². The third-order valence-electron chi connectivity index (χ3n) is 4.28. The molecule has 0 bridgehead atoms. The summed E-state index contributed by atoms with van der Waals surface area (Å²) in [5.74, 6) is -2.22. The van der Waals surface area contributed by atoms with Gasteiger partial charge in [-0.15, -0.1) is 0 Å². The summed E-state index contributed by atoms with van der Waals surface area (Å²) < 4.78 is 13.9. The molecule has 2 N–H and O–H groups in total. The Hall–Kier alpha value is -2.46. The van der Waals surface area contributed by atoms with Gasteiger partial charge in [-0.2, -0.15) is 0 Å². The lowest BCUT2D eigenvalue weighted by molar-refractivity contribution is -0.137. The Morgan fingerprint density at radius 1 is 1.27 bits per heavy atom. The van der Waals surface area contributed by atoms with E-state index >= 15 is 0 Å². The van der Waals surface area contributed by atoms with Crippen molar-refractivity contribution in [2.24, 2.45) is 0 Å². The summed E-state index contributed by atoms with van der Waals surface area (Å²) in [6.45, 7) is 6.59. The average Bonchev–Trinajstić information content (AvgIpc) is 2.58. The van der Waals surface area contributed by atoms with Crippen molar-refractivity contribution in [3.05, 3.63) is 24.3 Å². The zero-order chi connectivity index (χ0) is 19.3. The second-order valence-corrected chi connectivity index (χ2v) is 6.31. The molecule has 0 saturated carbocycles. The van der Waals surface area contributed by atoms with E-state index in [4.69, 9.17) is 5.11 Å². The summed E-state index contributed by atoms with van der Waals surface area (Å²) in [7, 11) is 2.03. The smallest absolute Gasteiger partial charge is 0.329 e. The lowest BCUT2D eigenvalue weighted by atomic mass is 10.3. The highest BCUT2D eigenvalue weighted by Crippen LogP contribution is 2.22. The maximum Gasteiger partial charge on any atom is 0.329 e. The molecule has 26 heavy (non-hydrogen) atoms. The lowest BCUT2D eigenvalue weighted by Crippen LogP contribution is -2.50. The Morgan fingerprint density at radius 3 is 2.54 bits per heavy atom. The highest BCUT2D eigenvalue weighted by molar-refractivity contribution is 5.84. The van der Waals surface area contributed by atoms with E-state index in [2.05, 4.69) is 16.8 Å². The zero-order valence-electron chi connectivity index (χ0n) is 14.8. The van der Waals surface area contributed by atoms with Crippen molar-refractivity contribution in [2.45, 2.75) is 0 Å². The summed E-state index contributed by atoms with van der Waals surface area (Å²) >= 11 is 0. The van der Waals surface area contributed by atoms with Crippen LogP contribution in [0.3, 0.4) is 0 Å². The fourth-order valence-electron chi connectivity index (χ4n) is 2.71. The molecule has 3 amide bonds. The van der Waals surface area contributed by atoms with Crippen LogP contribution in [0.1, 0.15) is 0 Å². The Morgan fingerprint density at radius 2 is 1.92 bits per heavy atom. The standard InChI is InChI=1S/C16H24FN5O4/c1-12-13(17)9-21(16(26)22(12)11-15(24)25)4-3-18-14(23)10-20-7-5-19(2)6-8-20/h9H,1,3-8,10-11H2,2H3,(H,18,23)(H,24,25). The van der Waals surface area contributed by atoms with Crippen molar-refractivity contribution in [1.29, 1.82) is 0 Å². The number of rotatable bonds is 7. The minimum atomic E-state index is -1.27. The highest BCUT2D eigenvalue weighted by atomic mass is 19.1. The molecule has 0 aromatic heterocycles. The minimum Gasteiger partial charge on any atom is -0.480 e. The van der Waals surface area contributed by atoms with Crippen LogP contribution in [0, 0.1) is 0 Å². The number of likely N-dealkylation sites (N-methyl/N-ethyl adjacent to an activating group) is 1. The van der Waals surface area contributed by atoms with Crippen LogP contribution in [0.15, 0.2) is 24.3 Å². The molecule has 2 aliphatic rings. The molecule has 0 radical (unpaired) electrons. The molecule has 2 rings (SSSR count). The SMILES string of the molecule is C=C1C(F)=CN(CCNC(=O)CN2CCN(C)CC2)C(=O)N1CC(=O)O. The van der Waals surface area contributed by atoms with E-state index in [1.54, 1.807) is 0 Å². The summed E-state index contributed by atoms with van der Waals surface area (Å²) in [4.78, 5) is 41.1. The van der Waals surface area contributed by atoms with Crippen molar-refractivity contribution in [1.82, 2.24) is 24.9 Å². The molecule has 144 valence electrons. The Balaban J connectivity index is 1.80. The van der Waals surface area contributed by atoms with Crippen molar-refractivity contribution < 1.29 is 23.9 Å². The van der Waals surface area contributed by atoms with Crippen LogP contribution in [0.4, 0.5) is 9.18 Å². The van der Waals surface area contributed by atoms with Gasteiger partial charge in [0, 0.05) is 45.5 Å². The van der Waals surface area contributed by atoms with Crippen LogP contribution >= 0.6 is 0 Å². The van der Waals surface area contributed by atoms with Gasteiger partial charge in [0.2, 0.25) is 5.91 Å². The van der Waals surface area contributed by atoms with E-state index in [1.807, 2.05) is 11.9 Å². The predicted molar refractivity (Wildman–Crippen MR) is 91.7 cm³/mol. The average molecular weight is 369 g/mol. The molecule has 10 heteroatoms. The molecule has 2 aliphatic heterocycles. The molecule has 0 aliphatic carbocycles. The number of amides is 3. The summed E-state index contributed by atoms with van der Waals surface area (Å²) in [6.07, 6.45) is 0.968. The number of halogens is 1. The third kappa shape index (κ3) is 5.27. The van der Waals surface area contributed by atoms with Crippen molar-refractivity contribution in [3.8, 4) is 0 Å². The van der Waals surface area contributed by atoms with E-state index in [9.17, 15) is 18.8 Å². The number of nitrogens with zero attached hydrogens (tertiary/aromatic N) is 4. The maximum atomic E-state index is 13.9. The van der Waals surface area contributed by atoms with Crippen molar-refractivity contribution in [2.75, 3.05) is 59.4 Å². The number of hydrogen-bond acceptors (Lipinski definition) is 5. The number of hydrogen-bond donors (Lipinski definition) is 2. The second-order valence-electron chi connectivity index (χ2n) is 6.31. The van der Waals surface area contributed by atoms with E-state index in [-0.39, 0.29) is 31.2 Å². The van der Waals surface area contributed by atoms with Crippen molar-refractivity contribution in [3.63, 3.8) is 0 Å². The maximum absolute atomic E-state index is 13.9. The largest absolute Gasteiger partial charge is 0.480 e. The predicted octanol–water partition coefficient (Wildman–Crippen LogP) is -0.503. The van der Waals surface area contributed by atoms with E-state index < -0.39 is 24.4 Å². The van der Waals surface area contributed by atoms with Crippen LogP contribution < -0.4 is 5.32 Å². The first kappa shape index (κ1) is 19.9. The highest BCUT2D eigenvalue weighted by Gasteiger charge is 2.31. The van der Waals surface area contributed by atoms with Gasteiger partial charge in [0.05, 0.1) is 12.2 Å². The van der Waals surface area contributed by atoms with Gasteiger partial charge in [-0.25, -0.2) is 9.18 Å². The number of nitrogens with one attached hydrogen (secondary N) is 1. The van der Waals surface area contributed by atoms with Crippen LogP contribution in [0.25, 0.3) is 0 Å². The topological polar surface area (TPSA) is 96.4 Å². The first-order chi connectivity index (χ1) is 12.3. The number of urea groups is 1. The minimum absolute atomic E-state index is 0.0319. The molecule has 0 spiro atoms. The summed E-state index contributed by atoms with van der Waals surface area (Å²) in [5.41, 5.74) is -0.284. The van der Waals surface area contributed by atoms with Gasteiger partial charge in [0.15, 0.2) is 5.83 Å². The van der Waals surface area contributed by atoms with Crippen LogP contribution in [-0.4, -0.2) is 102 Å².